The van der Waals surface area contributed by atoms with Gasteiger partial charge in [-0.2, -0.15) is 0 Å². The summed E-state index contributed by atoms with van der Waals surface area (Å²) in [4.78, 5) is 12.4. The molecular weight excluding hydrogens is 304 g/mol. The highest BCUT2D eigenvalue weighted by Crippen LogP contribution is 2.31. The second kappa shape index (κ2) is 7.99. The van der Waals surface area contributed by atoms with Crippen molar-refractivity contribution in [3.8, 4) is 5.75 Å². The lowest BCUT2D eigenvalue weighted by Crippen LogP contribution is -2.53. The number of carbonyl (C=O) groups is 1. The molecule has 5 nitrogen and oxygen atoms in total. The first-order valence-corrected chi connectivity index (χ1v) is 8.81. The molecule has 1 aromatic rings. The van der Waals surface area contributed by atoms with Crippen molar-refractivity contribution in [2.75, 3.05) is 6.54 Å². The van der Waals surface area contributed by atoms with Crippen LogP contribution in [0.1, 0.15) is 58.1 Å². The van der Waals surface area contributed by atoms with Crippen LogP contribution < -0.4 is 15.8 Å². The van der Waals surface area contributed by atoms with E-state index in [4.69, 9.17) is 10.5 Å². The molecule has 0 aromatic heterocycles. The molecule has 134 valence electrons. The maximum Gasteiger partial charge on any atom is 0.225 e. The quantitative estimate of drug-likeness (QED) is 0.746. The summed E-state index contributed by atoms with van der Waals surface area (Å²) in [6, 6.07) is 7.31. The molecule has 3 unspecified atom stereocenters. The minimum Gasteiger partial charge on any atom is -0.491 e. The summed E-state index contributed by atoms with van der Waals surface area (Å²) in [5.41, 5.74) is 6.56. The summed E-state index contributed by atoms with van der Waals surface area (Å²) in [6.45, 7) is 6.07. The average Bonchev–Trinajstić information content (AvgIpc) is 2.52. The number of benzene rings is 1. The van der Waals surface area contributed by atoms with Gasteiger partial charge in [-0.1, -0.05) is 25.0 Å². The molecule has 5 heteroatoms. The van der Waals surface area contributed by atoms with Crippen LogP contribution in [0.4, 0.5) is 0 Å². The van der Waals surface area contributed by atoms with Crippen molar-refractivity contribution in [1.29, 1.82) is 0 Å². The molecule has 0 spiro atoms. The predicted octanol–water partition coefficient (Wildman–Crippen LogP) is 2.53. The highest BCUT2D eigenvalue weighted by atomic mass is 16.5. The van der Waals surface area contributed by atoms with Crippen LogP contribution in [0, 0.1) is 5.92 Å². The minimum atomic E-state index is -0.741. The largest absolute Gasteiger partial charge is 0.491 e. The molecule has 0 saturated heterocycles. The molecule has 1 fully saturated rings. The molecular formula is C19H30N2O3. The van der Waals surface area contributed by atoms with Gasteiger partial charge in [0.05, 0.1) is 18.1 Å². The number of hydrogen-bond donors (Lipinski definition) is 3. The third-order valence-corrected chi connectivity index (χ3v) is 4.68. The normalized spacial score (nSPS) is 25.3. The zero-order chi connectivity index (χ0) is 17.7. The Morgan fingerprint density at radius 2 is 2.04 bits per heavy atom. The van der Waals surface area contributed by atoms with Crippen LogP contribution in [0.5, 0.6) is 5.75 Å². The Morgan fingerprint density at radius 1 is 1.38 bits per heavy atom. The predicted molar refractivity (Wildman–Crippen MR) is 94.7 cm³/mol. The summed E-state index contributed by atoms with van der Waals surface area (Å²) in [7, 11) is 0. The highest BCUT2D eigenvalue weighted by molar-refractivity contribution is 5.80. The van der Waals surface area contributed by atoms with Gasteiger partial charge < -0.3 is 20.9 Å². The lowest BCUT2D eigenvalue weighted by molar-refractivity contribution is -0.128. The van der Waals surface area contributed by atoms with Gasteiger partial charge in [0, 0.05) is 12.1 Å². The molecule has 4 N–H and O–H groups in total. The van der Waals surface area contributed by atoms with E-state index in [0.29, 0.717) is 0 Å². The first-order chi connectivity index (χ1) is 11.3. The number of rotatable bonds is 6. The Labute approximate surface area is 144 Å². The second-order valence-corrected chi connectivity index (χ2v) is 7.30. The van der Waals surface area contributed by atoms with Gasteiger partial charge in [0.1, 0.15) is 5.75 Å². The Hall–Kier alpha value is -1.59. The van der Waals surface area contributed by atoms with E-state index in [0.717, 1.165) is 37.0 Å². The fourth-order valence-corrected chi connectivity index (χ4v) is 3.27. The molecule has 0 heterocycles. The van der Waals surface area contributed by atoms with Gasteiger partial charge in [-0.05, 0) is 51.3 Å². The summed E-state index contributed by atoms with van der Waals surface area (Å²) in [5.74, 6) is 0.532. The number of amides is 1. The fraction of sp³-hybridized carbons (Fsp3) is 0.632. The zero-order valence-corrected chi connectivity index (χ0v) is 14.9. The van der Waals surface area contributed by atoms with Crippen molar-refractivity contribution in [2.24, 2.45) is 11.7 Å². The number of nitrogens with two attached hydrogens (primary N) is 1. The number of aliphatic hydroxyl groups excluding tert-OH is 1. The monoisotopic (exact) mass is 334 g/mol. The summed E-state index contributed by atoms with van der Waals surface area (Å²) in [5, 5.41) is 13.1. The van der Waals surface area contributed by atoms with Gasteiger partial charge in [-0.15, -0.1) is 0 Å². The SMILES string of the molecule is CC(C)Oc1ccc(C(O)CNC(=O)C2CCCCC2(C)N)cc1. The number of nitrogens with one attached hydrogen (secondary N) is 1. The fourth-order valence-electron chi connectivity index (χ4n) is 3.27. The molecule has 1 aromatic carbocycles. The molecule has 1 aliphatic carbocycles. The molecule has 0 radical (unpaired) electrons. The highest BCUT2D eigenvalue weighted by Gasteiger charge is 2.37. The molecule has 2 rings (SSSR count). The van der Waals surface area contributed by atoms with E-state index < -0.39 is 11.6 Å². The third-order valence-electron chi connectivity index (χ3n) is 4.68. The lowest BCUT2D eigenvalue weighted by Gasteiger charge is -2.37. The van der Waals surface area contributed by atoms with E-state index >= 15 is 0 Å². The van der Waals surface area contributed by atoms with Crippen molar-refractivity contribution in [3.63, 3.8) is 0 Å². The van der Waals surface area contributed by atoms with Crippen LogP contribution in [0.2, 0.25) is 0 Å². The van der Waals surface area contributed by atoms with Crippen LogP contribution >= 0.6 is 0 Å². The first-order valence-electron chi connectivity index (χ1n) is 8.81. The molecule has 1 aliphatic rings. The Balaban J connectivity index is 1.88. The topological polar surface area (TPSA) is 84.6 Å². The van der Waals surface area contributed by atoms with Gasteiger partial charge in [0.2, 0.25) is 5.91 Å². The van der Waals surface area contributed by atoms with Crippen molar-refractivity contribution >= 4 is 5.91 Å². The van der Waals surface area contributed by atoms with Crippen LogP contribution in [0.25, 0.3) is 0 Å². The number of hydrogen-bond acceptors (Lipinski definition) is 4. The van der Waals surface area contributed by atoms with E-state index in [9.17, 15) is 9.90 Å². The maximum atomic E-state index is 12.4. The van der Waals surface area contributed by atoms with Crippen LogP contribution in [-0.4, -0.2) is 29.2 Å². The summed E-state index contributed by atoms with van der Waals surface area (Å²) < 4.78 is 5.58. The number of aliphatic hydroxyl groups is 1. The lowest BCUT2D eigenvalue weighted by atomic mass is 9.74. The van der Waals surface area contributed by atoms with E-state index in [2.05, 4.69) is 5.32 Å². The molecule has 0 aliphatic heterocycles. The van der Waals surface area contributed by atoms with Gasteiger partial charge in [-0.25, -0.2) is 0 Å². The van der Waals surface area contributed by atoms with Crippen LogP contribution in [0.3, 0.4) is 0 Å². The van der Waals surface area contributed by atoms with E-state index in [-0.39, 0.29) is 24.5 Å². The molecule has 24 heavy (non-hydrogen) atoms. The maximum absolute atomic E-state index is 12.4. The average molecular weight is 334 g/mol. The van der Waals surface area contributed by atoms with Gasteiger partial charge >= 0.3 is 0 Å². The van der Waals surface area contributed by atoms with Crippen LogP contribution in [-0.2, 0) is 4.79 Å². The Bertz CT molecular complexity index is 540. The Morgan fingerprint density at radius 3 is 2.62 bits per heavy atom. The number of ether oxygens (including phenoxy) is 1. The Kier molecular flexibility index (Phi) is 6.24. The first kappa shape index (κ1) is 18.7. The smallest absolute Gasteiger partial charge is 0.225 e. The standard InChI is InChI=1S/C19H30N2O3/c1-13(2)24-15-9-7-14(8-10-15)17(22)12-21-18(23)16-6-4-5-11-19(16,3)20/h7-10,13,16-17,22H,4-6,11-12,20H2,1-3H3,(H,21,23). The van der Waals surface area contributed by atoms with Gasteiger partial charge in [0.15, 0.2) is 0 Å². The molecule has 0 bridgehead atoms. The van der Waals surface area contributed by atoms with Crippen molar-refractivity contribution in [3.05, 3.63) is 29.8 Å². The molecule has 1 amide bonds. The van der Waals surface area contributed by atoms with Crippen molar-refractivity contribution in [2.45, 2.75) is 64.2 Å². The second-order valence-electron chi connectivity index (χ2n) is 7.30. The van der Waals surface area contributed by atoms with Crippen molar-refractivity contribution < 1.29 is 14.6 Å². The third kappa shape index (κ3) is 4.95. The molecule has 3 atom stereocenters. The minimum absolute atomic E-state index is 0.0569. The molecule has 1 saturated carbocycles. The summed E-state index contributed by atoms with van der Waals surface area (Å²) in [6.07, 6.45) is 3.16. The van der Waals surface area contributed by atoms with Gasteiger partial charge in [-0.3, -0.25) is 4.79 Å². The number of carbonyl (C=O) groups excluding carboxylic acids is 1. The van der Waals surface area contributed by atoms with Crippen LogP contribution in [0.15, 0.2) is 24.3 Å². The van der Waals surface area contributed by atoms with Gasteiger partial charge in [0.25, 0.3) is 0 Å². The zero-order valence-electron chi connectivity index (χ0n) is 14.9. The van der Waals surface area contributed by atoms with E-state index in [1.807, 2.05) is 45.0 Å². The van der Waals surface area contributed by atoms with E-state index in [1.165, 1.54) is 0 Å². The summed E-state index contributed by atoms with van der Waals surface area (Å²) >= 11 is 0. The van der Waals surface area contributed by atoms with Crippen molar-refractivity contribution in [1.82, 2.24) is 5.32 Å². The van der Waals surface area contributed by atoms with E-state index in [1.54, 1.807) is 0 Å².